The lowest BCUT2D eigenvalue weighted by Crippen LogP contribution is -2.47. The summed E-state index contributed by atoms with van der Waals surface area (Å²) in [7, 11) is 0. The van der Waals surface area contributed by atoms with Crippen molar-refractivity contribution in [2.75, 3.05) is 0 Å². The molecule has 0 aliphatic heterocycles. The minimum Gasteiger partial charge on any atom is -0.459 e. The summed E-state index contributed by atoms with van der Waals surface area (Å²) in [4.78, 5) is 36.4. The molecule has 3 aromatic rings. The Morgan fingerprint density at radius 2 is 1.52 bits per heavy atom. The number of alkyl carbamates (subject to hydrolysis) is 1. The standard InChI is InChI=1S/C24H24N4O5/c25-22(29)20-11-13-26-28(15-20)14-12-21(23(30)32-16-18-7-3-1-4-8-18)27-24(31)33-17-19-9-5-2-6-10-19/h1-11,13,15,21H,12,14,16-17H2,(H2-,25,27,29,31)/p+1/t21-/m0/s1. The van der Waals surface area contributed by atoms with Crippen LogP contribution >= 0.6 is 0 Å². The van der Waals surface area contributed by atoms with Gasteiger partial charge in [-0.15, -0.1) is 0 Å². The number of esters is 1. The van der Waals surface area contributed by atoms with Crippen LogP contribution in [0.5, 0.6) is 0 Å². The lowest BCUT2D eigenvalue weighted by Gasteiger charge is -2.16. The molecule has 170 valence electrons. The van der Waals surface area contributed by atoms with Crippen molar-refractivity contribution in [3.63, 3.8) is 0 Å². The number of hydrogen-bond donors (Lipinski definition) is 2. The molecule has 1 atom stereocenters. The quantitative estimate of drug-likeness (QED) is 0.360. The first kappa shape index (κ1) is 23.4. The van der Waals surface area contributed by atoms with Crippen molar-refractivity contribution in [2.45, 2.75) is 32.2 Å². The van der Waals surface area contributed by atoms with E-state index in [0.717, 1.165) is 11.1 Å². The summed E-state index contributed by atoms with van der Waals surface area (Å²) in [6.45, 7) is 0.361. The molecule has 0 bridgehead atoms. The van der Waals surface area contributed by atoms with Crippen LogP contribution in [0.3, 0.4) is 0 Å². The number of benzene rings is 2. The highest BCUT2D eigenvalue weighted by molar-refractivity contribution is 5.92. The van der Waals surface area contributed by atoms with E-state index in [1.807, 2.05) is 60.7 Å². The number of carbonyl (C=O) groups is 3. The number of aryl methyl sites for hydroxylation is 1. The summed E-state index contributed by atoms with van der Waals surface area (Å²) in [6.07, 6.45) is 2.32. The monoisotopic (exact) mass is 449 g/mol. The molecule has 1 heterocycles. The summed E-state index contributed by atoms with van der Waals surface area (Å²) in [5.41, 5.74) is 7.22. The highest BCUT2D eigenvalue weighted by atomic mass is 16.6. The first-order valence-corrected chi connectivity index (χ1v) is 10.3. The summed E-state index contributed by atoms with van der Waals surface area (Å²) in [5, 5.41) is 6.68. The van der Waals surface area contributed by atoms with Crippen LogP contribution in [-0.2, 0) is 34.0 Å². The SMILES string of the molecule is NC(=O)c1ccn[n+](CC[C@H](NC(=O)OCc2ccccc2)C(=O)OCc2ccccc2)c1. The van der Waals surface area contributed by atoms with Gasteiger partial charge in [-0.1, -0.05) is 65.3 Å². The van der Waals surface area contributed by atoms with E-state index in [1.165, 1.54) is 23.1 Å². The summed E-state index contributed by atoms with van der Waals surface area (Å²) in [6, 6.07) is 18.9. The zero-order chi connectivity index (χ0) is 23.5. The van der Waals surface area contributed by atoms with Crippen molar-refractivity contribution in [3.05, 3.63) is 95.8 Å². The highest BCUT2D eigenvalue weighted by Gasteiger charge is 2.25. The van der Waals surface area contributed by atoms with Crippen molar-refractivity contribution < 1.29 is 28.5 Å². The molecule has 0 saturated heterocycles. The van der Waals surface area contributed by atoms with Gasteiger partial charge in [0.25, 0.3) is 5.91 Å². The van der Waals surface area contributed by atoms with Gasteiger partial charge in [-0.2, -0.15) is 0 Å². The van der Waals surface area contributed by atoms with Gasteiger partial charge in [-0.25, -0.2) is 9.59 Å². The number of aromatic nitrogens is 2. The molecule has 0 unspecified atom stereocenters. The number of hydrogen-bond acceptors (Lipinski definition) is 6. The van der Waals surface area contributed by atoms with Gasteiger partial charge in [0.05, 0.1) is 6.20 Å². The van der Waals surface area contributed by atoms with E-state index in [9.17, 15) is 14.4 Å². The number of nitrogens with zero attached hydrogens (tertiary/aromatic N) is 2. The highest BCUT2D eigenvalue weighted by Crippen LogP contribution is 2.06. The molecule has 3 N–H and O–H groups in total. The van der Waals surface area contributed by atoms with Crippen molar-refractivity contribution in [1.29, 1.82) is 0 Å². The van der Waals surface area contributed by atoms with E-state index in [2.05, 4.69) is 10.4 Å². The van der Waals surface area contributed by atoms with Crippen LogP contribution < -0.4 is 15.7 Å². The van der Waals surface area contributed by atoms with Crippen LogP contribution in [0.15, 0.2) is 79.1 Å². The molecular weight excluding hydrogens is 424 g/mol. The first-order valence-electron chi connectivity index (χ1n) is 10.3. The maximum absolute atomic E-state index is 12.7. The maximum Gasteiger partial charge on any atom is 0.408 e. The molecule has 1 aromatic heterocycles. The fourth-order valence-electron chi connectivity index (χ4n) is 2.95. The van der Waals surface area contributed by atoms with Crippen LogP contribution in [-0.4, -0.2) is 29.1 Å². The van der Waals surface area contributed by atoms with Gasteiger partial charge in [0, 0.05) is 6.42 Å². The Bertz CT molecular complexity index is 1080. The lowest BCUT2D eigenvalue weighted by molar-refractivity contribution is -0.754. The summed E-state index contributed by atoms with van der Waals surface area (Å²) in [5.74, 6) is -1.20. The van der Waals surface area contributed by atoms with E-state index in [-0.39, 0.29) is 31.7 Å². The Balaban J connectivity index is 1.62. The van der Waals surface area contributed by atoms with Gasteiger partial charge in [0.2, 0.25) is 6.20 Å². The Hall–Kier alpha value is -4.27. The average molecular weight is 449 g/mol. The molecule has 9 nitrogen and oxygen atoms in total. The molecular formula is C24H25N4O5+. The Morgan fingerprint density at radius 3 is 2.12 bits per heavy atom. The normalized spacial score (nSPS) is 11.3. The van der Waals surface area contributed by atoms with Crippen LogP contribution in [0, 0.1) is 0 Å². The third-order valence-corrected chi connectivity index (χ3v) is 4.70. The van der Waals surface area contributed by atoms with Gasteiger partial charge < -0.3 is 20.5 Å². The number of ether oxygens (including phenoxy) is 2. The number of nitrogens with two attached hydrogens (primary N) is 1. The van der Waals surface area contributed by atoms with E-state index >= 15 is 0 Å². The van der Waals surface area contributed by atoms with Gasteiger partial charge in [-0.05, 0) is 22.3 Å². The van der Waals surface area contributed by atoms with E-state index in [1.54, 1.807) is 0 Å². The molecule has 33 heavy (non-hydrogen) atoms. The molecule has 0 spiro atoms. The van der Waals surface area contributed by atoms with E-state index in [0.29, 0.717) is 0 Å². The fraction of sp³-hybridized carbons (Fsp3) is 0.208. The van der Waals surface area contributed by atoms with Crippen LogP contribution in [0.1, 0.15) is 27.9 Å². The maximum atomic E-state index is 12.7. The van der Waals surface area contributed by atoms with Gasteiger partial charge in [0.1, 0.15) is 24.8 Å². The van der Waals surface area contributed by atoms with Crippen molar-refractivity contribution in [3.8, 4) is 0 Å². The van der Waals surface area contributed by atoms with Crippen LogP contribution in [0.25, 0.3) is 0 Å². The molecule has 2 aromatic carbocycles. The average Bonchev–Trinajstić information content (AvgIpc) is 2.85. The molecule has 0 aliphatic carbocycles. The Kier molecular flexibility index (Phi) is 8.47. The van der Waals surface area contributed by atoms with Gasteiger partial charge in [0.15, 0.2) is 6.54 Å². The Labute approximate surface area is 191 Å². The zero-order valence-electron chi connectivity index (χ0n) is 17.9. The third kappa shape index (κ3) is 7.73. The third-order valence-electron chi connectivity index (χ3n) is 4.70. The predicted octanol–water partition coefficient (Wildman–Crippen LogP) is 1.90. The van der Waals surface area contributed by atoms with Crippen molar-refractivity contribution in [2.24, 2.45) is 5.73 Å². The summed E-state index contributed by atoms with van der Waals surface area (Å²) < 4.78 is 12.1. The van der Waals surface area contributed by atoms with E-state index in [4.69, 9.17) is 15.2 Å². The molecule has 2 amide bonds. The molecule has 0 fully saturated rings. The molecule has 0 aliphatic rings. The largest absolute Gasteiger partial charge is 0.459 e. The lowest BCUT2D eigenvalue weighted by atomic mass is 10.2. The Morgan fingerprint density at radius 1 is 0.909 bits per heavy atom. The zero-order valence-corrected chi connectivity index (χ0v) is 17.9. The number of nitrogens with one attached hydrogen (secondary N) is 1. The number of carbonyl (C=O) groups excluding carboxylic acids is 3. The van der Waals surface area contributed by atoms with Crippen LogP contribution in [0.4, 0.5) is 4.79 Å². The molecule has 9 heteroatoms. The van der Waals surface area contributed by atoms with Gasteiger partial charge in [-0.3, -0.25) is 4.79 Å². The minimum atomic E-state index is -0.983. The second-order valence-electron chi connectivity index (χ2n) is 7.18. The minimum absolute atomic E-state index is 0.0649. The second-order valence-corrected chi connectivity index (χ2v) is 7.18. The number of amides is 2. The molecule has 3 rings (SSSR count). The van der Waals surface area contributed by atoms with Crippen molar-refractivity contribution in [1.82, 2.24) is 10.4 Å². The van der Waals surface area contributed by atoms with E-state index < -0.39 is 24.0 Å². The first-order chi connectivity index (χ1) is 16.0. The van der Waals surface area contributed by atoms with Crippen molar-refractivity contribution >= 4 is 18.0 Å². The molecule has 0 radical (unpaired) electrons. The fourth-order valence-corrected chi connectivity index (χ4v) is 2.95. The van der Waals surface area contributed by atoms with Crippen LogP contribution in [0.2, 0.25) is 0 Å². The molecule has 0 saturated carbocycles. The summed E-state index contributed by atoms with van der Waals surface area (Å²) >= 11 is 0. The smallest absolute Gasteiger partial charge is 0.408 e. The second kappa shape index (κ2) is 11.9. The predicted molar refractivity (Wildman–Crippen MR) is 117 cm³/mol. The number of primary amides is 1. The topological polar surface area (TPSA) is 124 Å². The van der Waals surface area contributed by atoms with Gasteiger partial charge >= 0.3 is 12.1 Å². The number of rotatable bonds is 10.